The maximum Gasteiger partial charge on any atom is -0.0263 e. The summed E-state index contributed by atoms with van der Waals surface area (Å²) in [6, 6.07) is 30.1. The molecule has 0 saturated heterocycles. The van der Waals surface area contributed by atoms with Crippen molar-refractivity contribution in [3.63, 3.8) is 0 Å². The number of allylic oxidation sites excluding steroid dienone is 2. The van der Waals surface area contributed by atoms with Crippen LogP contribution in [-0.4, -0.2) is 0 Å². The molecule has 0 radical (unpaired) electrons. The van der Waals surface area contributed by atoms with Gasteiger partial charge in [0.05, 0.1) is 0 Å². The van der Waals surface area contributed by atoms with Crippen LogP contribution in [0.5, 0.6) is 0 Å². The van der Waals surface area contributed by atoms with Gasteiger partial charge in [-0.2, -0.15) is 0 Å². The zero-order valence-corrected chi connectivity index (χ0v) is 18.9. The standard InChI is InChI=1S/3C8H8.C5H8.C2H4/c3*1-2-8-6-4-3-5-7-8;1-4-5(2)3;1-2/h3*2-7H,1H2;4H,1-2H2,3H3;1-2H2. The van der Waals surface area contributed by atoms with Crippen LogP contribution in [0.1, 0.15) is 23.6 Å². The molecule has 0 nitrogen and oxygen atoms in total. The Balaban J connectivity index is 0. The van der Waals surface area contributed by atoms with Gasteiger partial charge >= 0.3 is 0 Å². The molecule has 0 fully saturated rings. The zero-order chi connectivity index (χ0) is 23.7. The second-order valence-corrected chi connectivity index (χ2v) is 5.89. The molecule has 0 aliphatic rings. The van der Waals surface area contributed by atoms with Gasteiger partial charge in [0.1, 0.15) is 0 Å². The van der Waals surface area contributed by atoms with Gasteiger partial charge in [-0.3, -0.25) is 0 Å². The van der Waals surface area contributed by atoms with Crippen molar-refractivity contribution in [2.24, 2.45) is 0 Å². The molecule has 0 unspecified atom stereocenters. The molecule has 3 aromatic rings. The lowest BCUT2D eigenvalue weighted by atomic mass is 10.2. The minimum absolute atomic E-state index is 1.02. The predicted octanol–water partition coefficient (Wildman–Crippen LogP) is 9.54. The monoisotopic (exact) mass is 408 g/mol. The molecule has 0 aliphatic carbocycles. The Kier molecular flexibility index (Phi) is 21.2. The van der Waals surface area contributed by atoms with Crippen LogP contribution in [0.25, 0.3) is 18.2 Å². The van der Waals surface area contributed by atoms with E-state index in [1.165, 1.54) is 16.7 Å². The van der Waals surface area contributed by atoms with Gasteiger partial charge < -0.3 is 0 Å². The van der Waals surface area contributed by atoms with Crippen molar-refractivity contribution in [2.45, 2.75) is 6.92 Å². The first-order valence-electron chi connectivity index (χ1n) is 9.87. The molecule has 31 heavy (non-hydrogen) atoms. The quantitative estimate of drug-likeness (QED) is 0.298. The molecule has 160 valence electrons. The summed E-state index contributed by atoms with van der Waals surface area (Å²) in [5.41, 5.74) is 4.54. The van der Waals surface area contributed by atoms with Crippen molar-refractivity contribution >= 4 is 18.2 Å². The van der Waals surface area contributed by atoms with Gasteiger partial charge in [0.15, 0.2) is 0 Å². The smallest absolute Gasteiger partial charge is 0.0263 e. The summed E-state index contributed by atoms with van der Waals surface area (Å²) in [7, 11) is 0. The Morgan fingerprint density at radius 1 is 0.516 bits per heavy atom. The normalized spacial score (nSPS) is 7.77. The van der Waals surface area contributed by atoms with Crippen molar-refractivity contribution in [2.75, 3.05) is 0 Å². The van der Waals surface area contributed by atoms with Crippen molar-refractivity contribution in [1.29, 1.82) is 0 Å². The largest absolute Gasteiger partial charge is 0.106 e. The van der Waals surface area contributed by atoms with Crippen molar-refractivity contribution in [3.8, 4) is 0 Å². The molecular formula is C31H36. The SMILES string of the molecule is C=C.C=CC(=C)C.C=Cc1ccccc1.C=Cc1ccccc1.C=Cc1ccccc1. The third-order valence-electron chi connectivity index (χ3n) is 3.45. The van der Waals surface area contributed by atoms with Crippen LogP contribution >= 0.6 is 0 Å². The van der Waals surface area contributed by atoms with Crippen LogP contribution in [-0.2, 0) is 0 Å². The Hall–Kier alpha value is -3.90. The first-order chi connectivity index (χ1) is 15.1. The Bertz CT molecular complexity index is 737. The third kappa shape index (κ3) is 19.2. The summed E-state index contributed by atoms with van der Waals surface area (Å²) in [6.07, 6.45) is 7.22. The highest BCUT2D eigenvalue weighted by atomic mass is 13.8. The first-order valence-corrected chi connectivity index (χ1v) is 9.87. The van der Waals surface area contributed by atoms with Gasteiger partial charge in [0.25, 0.3) is 0 Å². The van der Waals surface area contributed by atoms with Crippen LogP contribution < -0.4 is 0 Å². The Morgan fingerprint density at radius 3 is 0.806 bits per heavy atom. The highest BCUT2D eigenvalue weighted by molar-refractivity contribution is 5.46. The maximum atomic E-state index is 3.63. The topological polar surface area (TPSA) is 0 Å². The fourth-order valence-corrected chi connectivity index (χ4v) is 1.77. The molecule has 0 heterocycles. The summed E-state index contributed by atoms with van der Waals surface area (Å²) in [5.74, 6) is 0. The van der Waals surface area contributed by atoms with Gasteiger partial charge in [-0.15, -0.1) is 13.2 Å². The Labute approximate surface area is 190 Å². The average Bonchev–Trinajstić information content (AvgIpc) is 2.87. The van der Waals surface area contributed by atoms with Crippen molar-refractivity contribution < 1.29 is 0 Å². The van der Waals surface area contributed by atoms with Gasteiger partial charge in [-0.25, -0.2) is 0 Å². The molecule has 0 atom stereocenters. The van der Waals surface area contributed by atoms with E-state index in [4.69, 9.17) is 0 Å². The summed E-state index contributed by atoms with van der Waals surface area (Å²) in [4.78, 5) is 0. The lowest BCUT2D eigenvalue weighted by molar-refractivity contribution is 1.58. The van der Waals surface area contributed by atoms with E-state index in [0.717, 1.165) is 5.57 Å². The second-order valence-electron chi connectivity index (χ2n) is 5.89. The number of hydrogen-bond donors (Lipinski definition) is 0. The van der Waals surface area contributed by atoms with Crippen LogP contribution in [0.3, 0.4) is 0 Å². The first kappa shape index (κ1) is 29.3. The van der Waals surface area contributed by atoms with E-state index in [1.54, 1.807) is 6.08 Å². The summed E-state index contributed by atoms with van der Waals surface area (Å²) in [5, 5.41) is 0. The summed E-state index contributed by atoms with van der Waals surface area (Å²) in [6.45, 7) is 25.8. The van der Waals surface area contributed by atoms with E-state index < -0.39 is 0 Å². The van der Waals surface area contributed by atoms with Gasteiger partial charge in [-0.1, -0.05) is 154 Å². The predicted molar refractivity (Wildman–Crippen MR) is 146 cm³/mol. The van der Waals surface area contributed by atoms with Crippen LogP contribution in [0.15, 0.2) is 149 Å². The van der Waals surface area contributed by atoms with Crippen LogP contribution in [0.4, 0.5) is 0 Å². The molecule has 3 aromatic carbocycles. The average molecular weight is 409 g/mol. The second kappa shape index (κ2) is 22.4. The van der Waals surface area contributed by atoms with E-state index in [9.17, 15) is 0 Å². The lowest BCUT2D eigenvalue weighted by Crippen LogP contribution is -1.63. The minimum atomic E-state index is 1.02. The highest BCUT2D eigenvalue weighted by Crippen LogP contribution is 1.98. The fourth-order valence-electron chi connectivity index (χ4n) is 1.77. The molecule has 0 saturated carbocycles. The minimum Gasteiger partial charge on any atom is -0.106 e. The summed E-state index contributed by atoms with van der Waals surface area (Å²) < 4.78 is 0. The molecule has 0 N–H and O–H groups in total. The molecule has 0 heteroatoms. The van der Waals surface area contributed by atoms with E-state index in [0.29, 0.717) is 0 Å². The fraction of sp³-hybridized carbons (Fsp3) is 0.0323. The van der Waals surface area contributed by atoms with Gasteiger partial charge in [0.2, 0.25) is 0 Å². The Morgan fingerprint density at radius 2 is 0.710 bits per heavy atom. The molecule has 0 amide bonds. The molecule has 0 aromatic heterocycles. The van der Waals surface area contributed by atoms with Gasteiger partial charge in [0, 0.05) is 0 Å². The van der Waals surface area contributed by atoms with Crippen LogP contribution in [0, 0.1) is 0 Å². The lowest BCUT2D eigenvalue weighted by Gasteiger charge is -1.85. The van der Waals surface area contributed by atoms with Gasteiger partial charge in [-0.05, 0) is 23.6 Å². The van der Waals surface area contributed by atoms with E-state index in [-0.39, 0.29) is 0 Å². The third-order valence-corrected chi connectivity index (χ3v) is 3.45. The molecule has 3 rings (SSSR count). The number of benzene rings is 3. The highest BCUT2D eigenvalue weighted by Gasteiger charge is 1.77. The zero-order valence-electron chi connectivity index (χ0n) is 18.9. The van der Waals surface area contributed by atoms with E-state index in [1.807, 2.05) is 116 Å². The number of rotatable bonds is 4. The molecule has 0 spiro atoms. The summed E-state index contributed by atoms with van der Waals surface area (Å²) >= 11 is 0. The molecular weight excluding hydrogens is 372 g/mol. The van der Waals surface area contributed by atoms with Crippen molar-refractivity contribution in [3.05, 3.63) is 165 Å². The van der Waals surface area contributed by atoms with Crippen molar-refractivity contribution in [1.82, 2.24) is 0 Å². The van der Waals surface area contributed by atoms with E-state index in [2.05, 4.69) is 46.1 Å². The number of hydrogen-bond acceptors (Lipinski definition) is 0. The van der Waals surface area contributed by atoms with Crippen LogP contribution in [0.2, 0.25) is 0 Å². The van der Waals surface area contributed by atoms with E-state index >= 15 is 0 Å². The molecule has 0 bridgehead atoms. The maximum absolute atomic E-state index is 3.63. The molecule has 0 aliphatic heterocycles.